The molecule has 0 N–H and O–H groups in total. The molecule has 5 heterocycles. The van der Waals surface area contributed by atoms with E-state index in [1.54, 1.807) is 0 Å². The highest BCUT2D eigenvalue weighted by atomic mass is 15.0. The van der Waals surface area contributed by atoms with Gasteiger partial charge in [0.25, 0.3) is 0 Å². The molecule has 0 bridgehead atoms. The van der Waals surface area contributed by atoms with Gasteiger partial charge in [0.2, 0.25) is 0 Å². The number of benzene rings is 8. The summed E-state index contributed by atoms with van der Waals surface area (Å²) in [6.45, 7) is 4.66. The molecule has 334 valence electrons. The van der Waals surface area contributed by atoms with Crippen LogP contribution in [0.15, 0.2) is 231 Å². The van der Waals surface area contributed by atoms with Crippen molar-refractivity contribution in [2.45, 2.75) is 19.3 Å². The Morgan fingerprint density at radius 2 is 0.817 bits per heavy atom. The van der Waals surface area contributed by atoms with Crippen molar-refractivity contribution in [3.8, 4) is 78.7 Å². The molecule has 0 amide bonds. The van der Waals surface area contributed by atoms with E-state index in [1.807, 2.05) is 30.9 Å². The summed E-state index contributed by atoms with van der Waals surface area (Å²) >= 11 is 0. The summed E-state index contributed by atoms with van der Waals surface area (Å²) in [6.07, 6.45) is 7.43. The van der Waals surface area contributed by atoms with Crippen LogP contribution >= 0.6 is 0 Å². The number of pyridine rings is 2. The van der Waals surface area contributed by atoms with Gasteiger partial charge in [0.1, 0.15) is 0 Å². The molecular formula is C65H44N6. The first-order valence-corrected chi connectivity index (χ1v) is 24.2. The molecule has 0 radical (unpaired) electrons. The van der Waals surface area contributed by atoms with Crippen molar-refractivity contribution in [2.75, 3.05) is 0 Å². The lowest BCUT2D eigenvalue weighted by atomic mass is 9.82. The summed E-state index contributed by atoms with van der Waals surface area (Å²) in [4.78, 5) is 19.4. The van der Waals surface area contributed by atoms with E-state index in [9.17, 15) is 0 Å². The molecule has 0 saturated heterocycles. The van der Waals surface area contributed by atoms with Crippen LogP contribution in [0.2, 0.25) is 0 Å². The summed E-state index contributed by atoms with van der Waals surface area (Å²) < 4.78 is 4.84. The maximum Gasteiger partial charge on any atom is 0.160 e. The Morgan fingerprint density at radius 1 is 0.324 bits per heavy atom. The maximum atomic E-state index is 5.48. The zero-order chi connectivity index (χ0) is 47.2. The summed E-state index contributed by atoms with van der Waals surface area (Å²) in [5.74, 6) is 0.675. The zero-order valence-corrected chi connectivity index (χ0v) is 39.1. The topological polar surface area (TPSA) is 61.4 Å². The molecule has 6 heteroatoms. The van der Waals surface area contributed by atoms with Crippen molar-refractivity contribution >= 4 is 43.6 Å². The molecule has 8 aromatic carbocycles. The van der Waals surface area contributed by atoms with Crippen molar-refractivity contribution in [1.82, 2.24) is 29.1 Å². The fraction of sp³-hybridized carbons (Fsp3) is 0.0462. The van der Waals surface area contributed by atoms with Crippen LogP contribution in [0.25, 0.3) is 122 Å². The number of fused-ring (bicyclic) bond motifs is 9. The van der Waals surface area contributed by atoms with Crippen molar-refractivity contribution in [1.29, 1.82) is 0 Å². The Bertz CT molecular complexity index is 4070. The van der Waals surface area contributed by atoms with E-state index in [2.05, 4.69) is 233 Å². The SMILES string of the molecule is CC1(C)c2ccccc2-c2ccc(-c3cc(-c4cc(-n5c6ccccc6c6cc(-c7ccncc7)ccc65)cc(-n5c6ccccc6c6cc(-c7ccncc7)ccc65)c4)nc(-c4ccccc4)n3)cc21. The second kappa shape index (κ2) is 15.9. The van der Waals surface area contributed by atoms with Crippen LogP contribution in [0.4, 0.5) is 0 Å². The number of rotatable bonds is 7. The first kappa shape index (κ1) is 40.8. The lowest BCUT2D eigenvalue weighted by molar-refractivity contribution is 0.660. The molecule has 13 aromatic rings. The van der Waals surface area contributed by atoms with Gasteiger partial charge in [-0.2, -0.15) is 0 Å². The predicted octanol–water partition coefficient (Wildman–Crippen LogP) is 16.1. The van der Waals surface area contributed by atoms with Gasteiger partial charge in [0.15, 0.2) is 5.82 Å². The van der Waals surface area contributed by atoms with Crippen LogP contribution in [0.3, 0.4) is 0 Å². The van der Waals surface area contributed by atoms with Gasteiger partial charge in [0, 0.05) is 79.8 Å². The average Bonchev–Trinajstić information content (AvgIpc) is 4.03. The molecular weight excluding hydrogens is 865 g/mol. The van der Waals surface area contributed by atoms with Gasteiger partial charge < -0.3 is 9.13 Å². The highest BCUT2D eigenvalue weighted by molar-refractivity contribution is 6.12. The molecule has 1 aliphatic carbocycles. The van der Waals surface area contributed by atoms with Crippen LogP contribution in [0.1, 0.15) is 25.0 Å². The van der Waals surface area contributed by atoms with Crippen molar-refractivity contribution in [3.05, 3.63) is 242 Å². The van der Waals surface area contributed by atoms with E-state index < -0.39 is 0 Å². The molecule has 14 rings (SSSR count). The molecule has 71 heavy (non-hydrogen) atoms. The quantitative estimate of drug-likeness (QED) is 0.160. The molecule has 0 spiro atoms. The molecule has 5 aromatic heterocycles. The Labute approximate surface area is 410 Å². The fourth-order valence-corrected chi connectivity index (χ4v) is 11.3. The van der Waals surface area contributed by atoms with Gasteiger partial charge in [-0.05, 0) is 136 Å². The van der Waals surface area contributed by atoms with Gasteiger partial charge in [-0.1, -0.05) is 129 Å². The monoisotopic (exact) mass is 908 g/mol. The first-order chi connectivity index (χ1) is 34.9. The van der Waals surface area contributed by atoms with Gasteiger partial charge in [-0.3, -0.25) is 9.97 Å². The van der Waals surface area contributed by atoms with Crippen LogP contribution in [-0.4, -0.2) is 29.1 Å². The summed E-state index contributed by atoms with van der Waals surface area (Å²) in [7, 11) is 0. The Balaban J connectivity index is 1.04. The van der Waals surface area contributed by atoms with Crippen molar-refractivity contribution in [2.24, 2.45) is 0 Å². The van der Waals surface area contributed by atoms with E-state index in [0.717, 1.165) is 83.8 Å². The minimum Gasteiger partial charge on any atom is -0.309 e. The van der Waals surface area contributed by atoms with Crippen molar-refractivity contribution < 1.29 is 0 Å². The third-order valence-electron chi connectivity index (χ3n) is 14.7. The number of hydrogen-bond donors (Lipinski definition) is 0. The largest absolute Gasteiger partial charge is 0.309 e. The Kier molecular flexibility index (Phi) is 9.14. The Hall–Kier alpha value is -9.26. The molecule has 6 nitrogen and oxygen atoms in total. The lowest BCUT2D eigenvalue weighted by Gasteiger charge is -2.22. The van der Waals surface area contributed by atoms with E-state index in [0.29, 0.717) is 5.82 Å². The van der Waals surface area contributed by atoms with Gasteiger partial charge >= 0.3 is 0 Å². The molecule has 0 saturated carbocycles. The number of nitrogens with zero attached hydrogens (tertiary/aromatic N) is 6. The second-order valence-electron chi connectivity index (χ2n) is 19.1. The molecule has 1 aliphatic rings. The Morgan fingerprint density at radius 3 is 1.42 bits per heavy atom. The van der Waals surface area contributed by atoms with Crippen molar-refractivity contribution in [3.63, 3.8) is 0 Å². The third-order valence-corrected chi connectivity index (χ3v) is 14.7. The van der Waals surface area contributed by atoms with E-state index >= 15 is 0 Å². The van der Waals surface area contributed by atoms with Crippen LogP contribution in [0.5, 0.6) is 0 Å². The standard InChI is InChI=1S/C65H44N6/c1-65(2)56-17-9-6-14-50(56)51-23-20-46(38-57(51)65)58-40-59(69-64(68-58)43-12-4-3-5-13-43)47-34-48(70-60-18-10-7-15-52(60)54-36-44(21-24-62(54)70)41-26-30-66-31-27-41)39-49(35-47)71-61-19-11-8-16-53(61)55-37-45(22-25-63(55)71)42-28-32-67-33-29-42/h3-40H,1-2H3. The minimum absolute atomic E-state index is 0.161. The molecule has 0 unspecified atom stereocenters. The third kappa shape index (κ3) is 6.56. The molecule has 0 aliphatic heterocycles. The van der Waals surface area contributed by atoms with E-state index in [-0.39, 0.29) is 5.41 Å². The summed E-state index contributed by atoms with van der Waals surface area (Å²) in [5, 5.41) is 4.73. The molecule has 0 fully saturated rings. The fourth-order valence-electron chi connectivity index (χ4n) is 11.3. The van der Waals surface area contributed by atoms with Crippen LogP contribution < -0.4 is 0 Å². The minimum atomic E-state index is -0.161. The van der Waals surface area contributed by atoms with Gasteiger partial charge in [-0.15, -0.1) is 0 Å². The number of hydrogen-bond acceptors (Lipinski definition) is 4. The second-order valence-corrected chi connectivity index (χ2v) is 19.1. The summed E-state index contributed by atoms with van der Waals surface area (Å²) in [5.41, 5.74) is 20.9. The van der Waals surface area contributed by atoms with E-state index in [1.165, 1.54) is 43.8 Å². The predicted molar refractivity (Wildman–Crippen MR) is 291 cm³/mol. The first-order valence-electron chi connectivity index (χ1n) is 24.2. The zero-order valence-electron chi connectivity index (χ0n) is 39.1. The van der Waals surface area contributed by atoms with Gasteiger partial charge in [0.05, 0.1) is 33.5 Å². The van der Waals surface area contributed by atoms with E-state index in [4.69, 9.17) is 9.97 Å². The number of para-hydroxylation sites is 2. The lowest BCUT2D eigenvalue weighted by Crippen LogP contribution is -2.14. The maximum absolute atomic E-state index is 5.48. The highest BCUT2D eigenvalue weighted by Crippen LogP contribution is 2.50. The smallest absolute Gasteiger partial charge is 0.160 e. The summed E-state index contributed by atoms with van der Waals surface area (Å²) in [6, 6.07) is 74.6. The van der Waals surface area contributed by atoms with Gasteiger partial charge in [-0.25, -0.2) is 9.97 Å². The van der Waals surface area contributed by atoms with Crippen LogP contribution in [-0.2, 0) is 5.41 Å². The normalized spacial score (nSPS) is 12.8. The average molecular weight is 909 g/mol. The van der Waals surface area contributed by atoms with Crippen LogP contribution in [0, 0.1) is 0 Å². The number of aromatic nitrogens is 6. The highest BCUT2D eigenvalue weighted by Gasteiger charge is 2.35. The molecule has 0 atom stereocenters.